The lowest BCUT2D eigenvalue weighted by atomic mass is 10.1. The normalized spacial score (nSPS) is 10.7. The van der Waals surface area contributed by atoms with E-state index in [2.05, 4.69) is 15.5 Å². The number of aromatic amines is 1. The van der Waals surface area contributed by atoms with Crippen LogP contribution in [0.2, 0.25) is 5.02 Å². The molecule has 6 nitrogen and oxygen atoms in total. The number of nitrogens with one attached hydrogen (secondary N) is 1. The molecule has 3 rings (SSSR count). The average Bonchev–Trinajstić information content (AvgIpc) is 2.96. The van der Waals surface area contributed by atoms with Crippen molar-refractivity contribution in [2.45, 2.75) is 20.5 Å². The van der Waals surface area contributed by atoms with Crippen molar-refractivity contribution in [1.82, 2.24) is 20.2 Å². The number of benzene rings is 2. The van der Waals surface area contributed by atoms with E-state index in [-0.39, 0.29) is 6.61 Å². The van der Waals surface area contributed by atoms with Crippen molar-refractivity contribution in [2.75, 3.05) is 0 Å². The van der Waals surface area contributed by atoms with Gasteiger partial charge in [-0.25, -0.2) is 9.89 Å². The van der Waals surface area contributed by atoms with Crippen molar-refractivity contribution < 1.29 is 4.74 Å². The Bertz CT molecular complexity index is 901. The summed E-state index contributed by atoms with van der Waals surface area (Å²) < 4.78 is 7.08. The Hall–Kier alpha value is -2.60. The van der Waals surface area contributed by atoms with Crippen molar-refractivity contribution in [3.63, 3.8) is 0 Å². The minimum Gasteiger partial charge on any atom is -0.488 e. The van der Waals surface area contributed by atoms with Gasteiger partial charge in [0.15, 0.2) is 0 Å². The van der Waals surface area contributed by atoms with E-state index in [1.54, 1.807) is 12.1 Å². The monoisotopic (exact) mass is 330 g/mol. The third-order valence-corrected chi connectivity index (χ3v) is 3.94. The lowest BCUT2D eigenvalue weighted by Crippen LogP contribution is -2.18. The molecule has 0 saturated heterocycles. The summed E-state index contributed by atoms with van der Waals surface area (Å²) in [7, 11) is 0. The summed E-state index contributed by atoms with van der Waals surface area (Å²) in [4.78, 5) is 11.7. The molecule has 2 aromatic carbocycles. The fourth-order valence-electron chi connectivity index (χ4n) is 2.31. The standard InChI is InChI=1S/C16H15ClN4O2/c1-10-7-11(2)15(8-13(10)17)23-9-12-5-3-4-6-14(12)21-16(22)18-19-20-21/h3-8H,9H2,1-2H3,(H,18,20,22). The second-order valence-electron chi connectivity index (χ2n) is 5.20. The lowest BCUT2D eigenvalue weighted by molar-refractivity contribution is 0.303. The summed E-state index contributed by atoms with van der Waals surface area (Å²) in [5, 5.41) is 10.2. The number of tetrazole rings is 1. The second-order valence-corrected chi connectivity index (χ2v) is 5.61. The van der Waals surface area contributed by atoms with E-state index in [1.165, 1.54) is 4.68 Å². The first kappa shape index (κ1) is 15.3. The van der Waals surface area contributed by atoms with Gasteiger partial charge in [0.2, 0.25) is 0 Å². The van der Waals surface area contributed by atoms with E-state index < -0.39 is 5.69 Å². The van der Waals surface area contributed by atoms with E-state index in [9.17, 15) is 4.79 Å². The zero-order valence-corrected chi connectivity index (χ0v) is 13.5. The molecular weight excluding hydrogens is 316 g/mol. The highest BCUT2D eigenvalue weighted by atomic mass is 35.5. The molecule has 0 aliphatic rings. The molecule has 0 aliphatic carbocycles. The Balaban J connectivity index is 1.89. The number of H-pyrrole nitrogens is 1. The summed E-state index contributed by atoms with van der Waals surface area (Å²) in [5.41, 5.74) is 3.06. The molecule has 118 valence electrons. The van der Waals surface area contributed by atoms with Gasteiger partial charge in [0, 0.05) is 10.6 Å². The zero-order valence-electron chi connectivity index (χ0n) is 12.7. The van der Waals surface area contributed by atoms with Gasteiger partial charge in [-0.15, -0.1) is 0 Å². The molecule has 0 radical (unpaired) electrons. The predicted molar refractivity (Wildman–Crippen MR) is 87.2 cm³/mol. The Morgan fingerprint density at radius 2 is 2.00 bits per heavy atom. The van der Waals surface area contributed by atoms with Crippen LogP contribution in [-0.4, -0.2) is 20.2 Å². The highest BCUT2D eigenvalue weighted by Crippen LogP contribution is 2.27. The molecule has 3 aromatic rings. The quantitative estimate of drug-likeness (QED) is 0.798. The van der Waals surface area contributed by atoms with Gasteiger partial charge in [0.1, 0.15) is 12.4 Å². The maximum Gasteiger partial charge on any atom is 0.365 e. The first-order valence-corrected chi connectivity index (χ1v) is 7.42. The van der Waals surface area contributed by atoms with E-state index in [4.69, 9.17) is 16.3 Å². The molecule has 0 unspecified atom stereocenters. The minimum absolute atomic E-state index is 0.287. The summed E-state index contributed by atoms with van der Waals surface area (Å²) in [6.45, 7) is 4.20. The third kappa shape index (κ3) is 3.12. The number of para-hydroxylation sites is 1. The van der Waals surface area contributed by atoms with E-state index >= 15 is 0 Å². The number of hydrogen-bond acceptors (Lipinski definition) is 4. The highest BCUT2D eigenvalue weighted by molar-refractivity contribution is 6.31. The van der Waals surface area contributed by atoms with Crippen molar-refractivity contribution in [1.29, 1.82) is 0 Å². The topological polar surface area (TPSA) is 72.8 Å². The van der Waals surface area contributed by atoms with Crippen LogP contribution in [0, 0.1) is 13.8 Å². The molecule has 0 aliphatic heterocycles. The first-order valence-electron chi connectivity index (χ1n) is 7.04. The maximum atomic E-state index is 11.7. The summed E-state index contributed by atoms with van der Waals surface area (Å²) in [6, 6.07) is 11.2. The third-order valence-electron chi connectivity index (χ3n) is 3.53. The molecule has 23 heavy (non-hydrogen) atoms. The van der Waals surface area contributed by atoms with Crippen LogP contribution in [0.15, 0.2) is 41.2 Å². The number of aromatic nitrogens is 4. The summed E-state index contributed by atoms with van der Waals surface area (Å²) >= 11 is 6.15. The van der Waals surface area contributed by atoms with Crippen LogP contribution in [0.3, 0.4) is 0 Å². The SMILES string of the molecule is Cc1cc(C)c(OCc2ccccc2-n2nn[nH]c2=O)cc1Cl. The Kier molecular flexibility index (Phi) is 4.16. The van der Waals surface area contributed by atoms with Gasteiger partial charge < -0.3 is 4.74 Å². The molecule has 0 amide bonds. The van der Waals surface area contributed by atoms with Gasteiger partial charge in [-0.2, -0.15) is 4.68 Å². The molecule has 1 heterocycles. The molecular formula is C16H15ClN4O2. The minimum atomic E-state index is -0.396. The first-order chi connectivity index (χ1) is 11.1. The van der Waals surface area contributed by atoms with E-state index in [0.717, 1.165) is 16.7 Å². The molecule has 1 N–H and O–H groups in total. The van der Waals surface area contributed by atoms with E-state index in [0.29, 0.717) is 16.5 Å². The predicted octanol–water partition coefficient (Wildman–Crippen LogP) is 2.80. The van der Waals surface area contributed by atoms with Gasteiger partial charge in [0.25, 0.3) is 0 Å². The highest BCUT2D eigenvalue weighted by Gasteiger charge is 2.10. The summed E-state index contributed by atoms with van der Waals surface area (Å²) in [6.07, 6.45) is 0. The average molecular weight is 331 g/mol. The zero-order chi connectivity index (χ0) is 16.4. The van der Waals surface area contributed by atoms with Gasteiger partial charge in [-0.05, 0) is 47.5 Å². The van der Waals surface area contributed by atoms with Crippen LogP contribution in [0.4, 0.5) is 0 Å². The number of hydrogen-bond donors (Lipinski definition) is 1. The van der Waals surface area contributed by atoms with Crippen LogP contribution in [0.25, 0.3) is 5.69 Å². The van der Waals surface area contributed by atoms with Gasteiger partial charge in [-0.3, -0.25) is 0 Å². The molecule has 1 aromatic heterocycles. The fraction of sp³-hybridized carbons (Fsp3) is 0.188. The fourth-order valence-corrected chi connectivity index (χ4v) is 2.47. The molecule has 0 spiro atoms. The Morgan fingerprint density at radius 1 is 1.22 bits per heavy atom. The molecule has 7 heteroatoms. The van der Waals surface area contributed by atoms with Gasteiger partial charge in [0.05, 0.1) is 5.69 Å². The van der Waals surface area contributed by atoms with Crippen LogP contribution in [0.1, 0.15) is 16.7 Å². The van der Waals surface area contributed by atoms with Crippen LogP contribution in [0.5, 0.6) is 5.75 Å². The Labute approximate surface area is 137 Å². The Morgan fingerprint density at radius 3 is 2.74 bits per heavy atom. The maximum absolute atomic E-state index is 11.7. The van der Waals surface area contributed by atoms with Crippen molar-refractivity contribution >= 4 is 11.6 Å². The van der Waals surface area contributed by atoms with Crippen molar-refractivity contribution in [2.24, 2.45) is 0 Å². The van der Waals surface area contributed by atoms with Crippen LogP contribution < -0.4 is 10.4 Å². The lowest BCUT2D eigenvalue weighted by Gasteiger charge is -2.13. The van der Waals surface area contributed by atoms with E-state index in [1.807, 2.05) is 38.1 Å². The molecule has 0 bridgehead atoms. The number of ether oxygens (including phenoxy) is 1. The van der Waals surface area contributed by atoms with Gasteiger partial charge >= 0.3 is 5.69 Å². The van der Waals surface area contributed by atoms with Crippen LogP contribution in [-0.2, 0) is 6.61 Å². The number of nitrogens with zero attached hydrogens (tertiary/aromatic N) is 3. The molecule has 0 atom stereocenters. The largest absolute Gasteiger partial charge is 0.488 e. The smallest absolute Gasteiger partial charge is 0.365 e. The second kappa shape index (κ2) is 6.26. The molecule has 0 fully saturated rings. The number of aryl methyl sites for hydroxylation is 2. The van der Waals surface area contributed by atoms with Crippen molar-refractivity contribution in [3.8, 4) is 11.4 Å². The van der Waals surface area contributed by atoms with Gasteiger partial charge in [-0.1, -0.05) is 35.9 Å². The number of rotatable bonds is 4. The molecule has 0 saturated carbocycles. The summed E-state index contributed by atoms with van der Waals surface area (Å²) in [5.74, 6) is 0.711. The number of halogens is 1. The van der Waals surface area contributed by atoms with Crippen molar-refractivity contribution in [3.05, 3.63) is 68.6 Å². The van der Waals surface area contributed by atoms with Crippen LogP contribution >= 0.6 is 11.6 Å².